The molecule has 0 aliphatic carbocycles. The minimum Gasteiger partial charge on any atom is -0.619 e. The molecule has 3 N–H and O–H groups in total. The van der Waals surface area contributed by atoms with Crippen LogP contribution in [0.1, 0.15) is 12.8 Å². The van der Waals surface area contributed by atoms with Gasteiger partial charge < -0.3 is 25.4 Å². The molecule has 4 aromatic carbocycles. The minimum absolute atomic E-state index is 0.0707. The average molecular weight is 1660 g/mol. The fraction of sp³-hybridized carbons (Fsp3) is 0.0638. The fourth-order valence-electron chi connectivity index (χ4n) is 15.2. The van der Waals surface area contributed by atoms with E-state index in [1.807, 2.05) is 115 Å². The molecule has 0 atom stereocenters. The maximum absolute atomic E-state index is 14.8. The summed E-state index contributed by atoms with van der Waals surface area (Å²) in [6, 6.07) is 56.4. The third-order valence-electron chi connectivity index (χ3n) is 21.0. The number of pyridine rings is 16. The maximum Gasteiger partial charge on any atom is 0.260 e. The zero-order valence-electron chi connectivity index (χ0n) is 63.6. The summed E-state index contributed by atoms with van der Waals surface area (Å²) in [6.07, 6.45) is 27.1. The van der Waals surface area contributed by atoms with Crippen LogP contribution in [0.4, 0.5) is 19.0 Å². The lowest BCUT2D eigenvalue weighted by Crippen LogP contribution is -2.29. The van der Waals surface area contributed by atoms with Gasteiger partial charge in [-0.1, -0.05) is 65.1 Å². The Hall–Kier alpha value is -14.8. The van der Waals surface area contributed by atoms with Crippen LogP contribution in [0, 0.1) is 22.7 Å². The quantitative estimate of drug-likeness (QED) is 0.0899. The average Bonchev–Trinajstić information content (AvgIpc) is 1.04. The Labute approximate surface area is 700 Å². The highest BCUT2D eigenvalue weighted by atomic mass is 35.5. The number of halogens is 6. The summed E-state index contributed by atoms with van der Waals surface area (Å²) in [5.41, 5.74) is 18.1. The van der Waals surface area contributed by atoms with Gasteiger partial charge >= 0.3 is 0 Å². The number of H-pyrrole nitrogens is 1. The molecule has 27 heteroatoms. The van der Waals surface area contributed by atoms with Crippen LogP contribution in [-0.2, 0) is 6.54 Å². The highest BCUT2D eigenvalue weighted by Gasteiger charge is 2.24. The lowest BCUT2D eigenvalue weighted by Gasteiger charge is -2.18. The van der Waals surface area contributed by atoms with Crippen molar-refractivity contribution in [1.29, 1.82) is 0 Å². The van der Waals surface area contributed by atoms with Gasteiger partial charge in [-0.15, -0.1) is 0 Å². The topological polar surface area (TPSA) is 279 Å². The summed E-state index contributed by atoms with van der Waals surface area (Å²) >= 11 is 18.7. The first-order valence-electron chi connectivity index (χ1n) is 38.2. The van der Waals surface area contributed by atoms with E-state index in [0.29, 0.717) is 94.7 Å². The molecule has 0 bridgehead atoms. The molecule has 0 amide bonds. The molecular formula is C94H62Cl3F3N18O3. The SMILES string of the molecule is Nc1nccc2c(-c3cc(-c4ccccc4Cl)nc4ncccc34)nccc12.O=c1[nH]cc(-c2cc(-c3cc(Cl)ccc3F)nc3ncccc23)c2ccncc12.O=c1c2cnccc2c(-c2cc(-c3cc(Cl)ccc3F)nc3ncccc23)cn1CCN1CCCC1.[O-][n+]1ccc2c(-c3cc(-c4ccccc4F)nc4ncccc34)nccc2c1. The number of hydrogen-bond donors (Lipinski definition) is 2. The van der Waals surface area contributed by atoms with E-state index in [2.05, 4.69) is 69.7 Å². The summed E-state index contributed by atoms with van der Waals surface area (Å²) in [6.45, 7) is 3.51. The van der Waals surface area contributed by atoms with Gasteiger partial charge in [-0.2, -0.15) is 4.73 Å². The lowest BCUT2D eigenvalue weighted by molar-refractivity contribution is -0.603. The zero-order valence-corrected chi connectivity index (χ0v) is 65.9. The van der Waals surface area contributed by atoms with Crippen LogP contribution in [0.15, 0.2) is 297 Å². The molecule has 121 heavy (non-hydrogen) atoms. The molecule has 17 heterocycles. The van der Waals surface area contributed by atoms with Crippen LogP contribution in [0.5, 0.6) is 0 Å². The molecule has 0 radical (unpaired) electrons. The van der Waals surface area contributed by atoms with Gasteiger partial charge in [0.2, 0.25) is 0 Å². The Morgan fingerprint density at radius 2 is 0.884 bits per heavy atom. The van der Waals surface area contributed by atoms with E-state index in [1.54, 1.807) is 121 Å². The number of nitrogens with one attached hydrogen (secondary N) is 1. The Morgan fingerprint density at radius 3 is 1.48 bits per heavy atom. The molecule has 21 rings (SSSR count). The van der Waals surface area contributed by atoms with E-state index < -0.39 is 11.6 Å². The number of benzene rings is 4. The largest absolute Gasteiger partial charge is 0.619 e. The van der Waals surface area contributed by atoms with Crippen molar-refractivity contribution >= 4 is 128 Å². The first kappa shape index (κ1) is 77.4. The molecule has 21 nitrogen and oxygen atoms in total. The number of aromatic nitrogens is 16. The number of likely N-dealkylation sites (tertiary alicyclic amines) is 1. The summed E-state index contributed by atoms with van der Waals surface area (Å²) in [5, 5.41) is 22.3. The predicted molar refractivity (Wildman–Crippen MR) is 469 cm³/mol. The second-order valence-corrected chi connectivity index (χ2v) is 29.6. The first-order chi connectivity index (χ1) is 59.1. The van der Waals surface area contributed by atoms with Crippen molar-refractivity contribution in [3.8, 4) is 89.8 Å². The van der Waals surface area contributed by atoms with Crippen molar-refractivity contribution < 1.29 is 17.9 Å². The number of aromatic amines is 1. The number of hydrogen-bond acceptors (Lipinski definition) is 18. The van der Waals surface area contributed by atoms with Gasteiger partial charge in [0.05, 0.1) is 50.3 Å². The number of rotatable bonds is 11. The Bertz CT molecular complexity index is 7610. The molecule has 588 valence electrons. The van der Waals surface area contributed by atoms with Crippen molar-refractivity contribution in [2.45, 2.75) is 19.4 Å². The molecule has 1 aliphatic rings. The predicted octanol–water partition coefficient (Wildman–Crippen LogP) is 20.0. The smallest absolute Gasteiger partial charge is 0.260 e. The number of nitrogen functional groups attached to an aromatic ring is 1. The highest BCUT2D eigenvalue weighted by Crippen LogP contribution is 2.42. The van der Waals surface area contributed by atoms with Crippen LogP contribution < -0.4 is 21.6 Å². The second kappa shape index (κ2) is 33.7. The van der Waals surface area contributed by atoms with Gasteiger partial charge in [0.15, 0.2) is 35.0 Å². The van der Waals surface area contributed by atoms with E-state index in [0.717, 1.165) is 129 Å². The van der Waals surface area contributed by atoms with E-state index >= 15 is 0 Å². The van der Waals surface area contributed by atoms with Crippen LogP contribution in [0.25, 0.3) is 177 Å². The van der Waals surface area contributed by atoms with Gasteiger partial charge in [0.25, 0.3) is 11.1 Å². The molecule has 16 aromatic heterocycles. The second-order valence-electron chi connectivity index (χ2n) is 28.3. The fourth-order valence-corrected chi connectivity index (χ4v) is 15.8. The van der Waals surface area contributed by atoms with Crippen LogP contribution in [-0.4, -0.2) is 98.9 Å². The number of nitrogens with two attached hydrogens (primary N) is 1. The minimum atomic E-state index is -0.432. The summed E-state index contributed by atoms with van der Waals surface area (Å²) < 4.78 is 46.3. The van der Waals surface area contributed by atoms with E-state index in [4.69, 9.17) is 45.5 Å². The molecular weight excluding hydrogens is 1590 g/mol. The third kappa shape index (κ3) is 15.7. The standard InChI is InChI=1S/C28H23ClFN5O.C22H12ClFN4O.C22H14ClN5.C22H13FN4O/c29-18-5-6-25(30)22(14-18)26-15-21(20-4-3-8-32-27(20)33-26)24-17-35(13-12-34-10-1-2-11-34)28(36)23-16-31-9-7-19(23)24;23-12-3-4-19(24)16(8-12)20-9-15(14-2-1-6-26-21(14)28-20)17-11-27-22(29)18-10-25-7-5-13(17)18;23-18-6-2-1-4-16(18)19-12-17(15-5-3-9-27-22(15)28-19)20-13-7-11-26-21(24)14(13)8-10-25-20;23-19-6-2-1-4-17(19)20-12-18(16-5-3-9-25-22(16)26-20)21-15-8-11-27(28)13-14(15)7-10-24-21/h3-9,14-17H,1-2,10-13H2;1-11H,(H,27,29);1-12H,(H2,24,26);1-13H. The number of fused-ring (bicyclic) bond motifs is 8. The van der Waals surface area contributed by atoms with Crippen LogP contribution >= 0.6 is 34.8 Å². The van der Waals surface area contributed by atoms with E-state index in [-0.39, 0.29) is 22.5 Å². The van der Waals surface area contributed by atoms with Crippen molar-refractivity contribution in [3.05, 3.63) is 346 Å². The first-order valence-corrected chi connectivity index (χ1v) is 39.3. The van der Waals surface area contributed by atoms with Gasteiger partial charge in [-0.05, 0) is 206 Å². The van der Waals surface area contributed by atoms with Crippen LogP contribution in [0.2, 0.25) is 15.1 Å². The summed E-state index contributed by atoms with van der Waals surface area (Å²) in [5.74, 6) is -0.727. The summed E-state index contributed by atoms with van der Waals surface area (Å²) in [4.78, 5) is 88.5. The highest BCUT2D eigenvalue weighted by molar-refractivity contribution is 6.33. The van der Waals surface area contributed by atoms with Crippen LogP contribution in [0.3, 0.4) is 0 Å². The Balaban J connectivity index is 0.000000111. The lowest BCUT2D eigenvalue weighted by atomic mass is 9.97. The number of nitrogens with zero attached hydrogens (tertiary/aromatic N) is 16. The van der Waals surface area contributed by atoms with E-state index in [1.165, 1.54) is 67.8 Å². The molecule has 1 fully saturated rings. The molecule has 20 aromatic rings. The normalized spacial score (nSPS) is 12.1. The molecule has 0 unspecified atom stereocenters. The van der Waals surface area contributed by atoms with Gasteiger partial charge in [0, 0.05) is 197 Å². The summed E-state index contributed by atoms with van der Waals surface area (Å²) in [7, 11) is 0. The van der Waals surface area contributed by atoms with E-state index in [9.17, 15) is 28.0 Å². The van der Waals surface area contributed by atoms with Gasteiger partial charge in [-0.3, -0.25) is 29.5 Å². The maximum atomic E-state index is 14.8. The molecule has 1 saturated heterocycles. The number of anilines is 1. The zero-order chi connectivity index (χ0) is 82.8. The Morgan fingerprint density at radius 1 is 0.405 bits per heavy atom. The van der Waals surface area contributed by atoms with Gasteiger partial charge in [0.1, 0.15) is 23.3 Å². The van der Waals surface area contributed by atoms with Crippen molar-refractivity contribution in [3.63, 3.8) is 0 Å². The monoisotopic (exact) mass is 1650 g/mol. The molecule has 0 saturated carbocycles. The Kier molecular flexibility index (Phi) is 21.5. The van der Waals surface area contributed by atoms with Crippen molar-refractivity contribution in [2.75, 3.05) is 25.4 Å². The van der Waals surface area contributed by atoms with Gasteiger partial charge in [-0.25, -0.2) is 58.0 Å². The van der Waals surface area contributed by atoms with Crippen molar-refractivity contribution in [2.24, 2.45) is 0 Å². The molecule has 0 spiro atoms. The third-order valence-corrected chi connectivity index (χ3v) is 21.8. The van der Waals surface area contributed by atoms with Crippen molar-refractivity contribution in [1.82, 2.24) is 79.2 Å². The molecule has 1 aliphatic heterocycles.